The van der Waals surface area contributed by atoms with Gasteiger partial charge in [0.1, 0.15) is 5.82 Å². The van der Waals surface area contributed by atoms with Crippen LogP contribution >= 0.6 is 0 Å². The SMILES string of the molecule is CC1CN(S(=O)(=O)c2ccc(F)c(C(=O)O)c2)CC1C. The van der Waals surface area contributed by atoms with Crippen LogP contribution in [0.15, 0.2) is 23.1 Å². The van der Waals surface area contributed by atoms with E-state index in [4.69, 9.17) is 5.11 Å². The molecule has 1 aromatic carbocycles. The van der Waals surface area contributed by atoms with Crippen LogP contribution in [0.3, 0.4) is 0 Å². The number of halogens is 1. The number of carboxylic acid groups (broad SMARTS) is 1. The largest absolute Gasteiger partial charge is 0.478 e. The molecular formula is C13H16FNO4S. The van der Waals surface area contributed by atoms with Crippen molar-refractivity contribution in [2.45, 2.75) is 18.7 Å². The van der Waals surface area contributed by atoms with Crippen molar-refractivity contribution in [2.75, 3.05) is 13.1 Å². The van der Waals surface area contributed by atoms with Gasteiger partial charge in [-0.05, 0) is 30.0 Å². The third-order valence-corrected chi connectivity index (χ3v) is 5.59. The van der Waals surface area contributed by atoms with Crippen molar-refractivity contribution < 1.29 is 22.7 Å². The minimum absolute atomic E-state index is 0.183. The van der Waals surface area contributed by atoms with Gasteiger partial charge in [0.25, 0.3) is 0 Å². The summed E-state index contributed by atoms with van der Waals surface area (Å²) in [6.45, 7) is 4.72. The maximum absolute atomic E-state index is 13.3. The molecule has 1 aliphatic heterocycles. The first-order valence-electron chi connectivity index (χ1n) is 6.26. The number of rotatable bonds is 3. The number of carboxylic acids is 1. The number of aromatic carboxylic acids is 1. The van der Waals surface area contributed by atoms with Gasteiger partial charge in [0.05, 0.1) is 10.5 Å². The normalized spacial score (nSPS) is 23.9. The van der Waals surface area contributed by atoms with Crippen LogP contribution in [-0.4, -0.2) is 36.9 Å². The molecule has 0 bridgehead atoms. The van der Waals surface area contributed by atoms with E-state index in [1.165, 1.54) is 4.31 Å². The number of hydrogen-bond acceptors (Lipinski definition) is 3. The van der Waals surface area contributed by atoms with Gasteiger partial charge in [-0.15, -0.1) is 0 Å². The Labute approximate surface area is 117 Å². The summed E-state index contributed by atoms with van der Waals surface area (Å²) in [5.41, 5.74) is -0.633. The van der Waals surface area contributed by atoms with Crippen molar-refractivity contribution in [1.29, 1.82) is 0 Å². The van der Waals surface area contributed by atoms with Gasteiger partial charge in [0.2, 0.25) is 10.0 Å². The molecule has 2 unspecified atom stereocenters. The fourth-order valence-electron chi connectivity index (χ4n) is 2.25. The van der Waals surface area contributed by atoms with E-state index in [1.54, 1.807) is 0 Å². The number of benzene rings is 1. The third-order valence-electron chi connectivity index (χ3n) is 3.76. The Bertz CT molecular complexity index is 634. The maximum atomic E-state index is 13.3. The van der Waals surface area contributed by atoms with E-state index in [1.807, 2.05) is 13.8 Å². The number of hydrogen-bond donors (Lipinski definition) is 1. The summed E-state index contributed by atoms with van der Waals surface area (Å²) in [5, 5.41) is 8.86. The highest BCUT2D eigenvalue weighted by Gasteiger charge is 2.35. The first kappa shape index (κ1) is 14.9. The fourth-order valence-corrected chi connectivity index (χ4v) is 3.92. The average Bonchev–Trinajstić information content (AvgIpc) is 2.70. The molecular weight excluding hydrogens is 285 g/mol. The van der Waals surface area contributed by atoms with Gasteiger partial charge in [-0.3, -0.25) is 0 Å². The molecule has 2 rings (SSSR count). The second kappa shape index (κ2) is 5.14. The lowest BCUT2D eigenvalue weighted by Crippen LogP contribution is -2.29. The van der Waals surface area contributed by atoms with E-state index < -0.39 is 27.4 Å². The van der Waals surface area contributed by atoms with Crippen molar-refractivity contribution in [1.82, 2.24) is 4.31 Å². The quantitative estimate of drug-likeness (QED) is 0.923. The smallest absolute Gasteiger partial charge is 0.338 e. The molecule has 0 radical (unpaired) electrons. The second-order valence-corrected chi connectivity index (χ2v) is 7.16. The average molecular weight is 301 g/mol. The summed E-state index contributed by atoms with van der Waals surface area (Å²) < 4.78 is 39.5. The molecule has 0 aromatic heterocycles. The topological polar surface area (TPSA) is 74.7 Å². The van der Waals surface area contributed by atoms with Crippen LogP contribution in [0, 0.1) is 17.7 Å². The maximum Gasteiger partial charge on any atom is 0.338 e. The van der Waals surface area contributed by atoms with Crippen molar-refractivity contribution in [3.63, 3.8) is 0 Å². The summed E-state index contributed by atoms with van der Waals surface area (Å²) >= 11 is 0. The lowest BCUT2D eigenvalue weighted by molar-refractivity contribution is 0.0691. The zero-order valence-electron chi connectivity index (χ0n) is 11.2. The Morgan fingerprint density at radius 2 is 1.85 bits per heavy atom. The molecule has 7 heteroatoms. The summed E-state index contributed by atoms with van der Waals surface area (Å²) in [7, 11) is -3.77. The molecule has 2 atom stereocenters. The van der Waals surface area contributed by atoms with Crippen molar-refractivity contribution in [2.24, 2.45) is 11.8 Å². The molecule has 1 heterocycles. The minimum Gasteiger partial charge on any atom is -0.478 e. The number of sulfonamides is 1. The Morgan fingerprint density at radius 3 is 2.35 bits per heavy atom. The standard InChI is InChI=1S/C13H16FNO4S/c1-8-6-15(7-9(8)2)20(18,19)10-3-4-12(14)11(5-10)13(16)17/h3-5,8-9H,6-7H2,1-2H3,(H,16,17). The van der Waals surface area contributed by atoms with E-state index in [-0.39, 0.29) is 16.7 Å². The summed E-state index contributed by atoms with van der Waals surface area (Å²) in [6.07, 6.45) is 0. The molecule has 0 amide bonds. The Morgan fingerprint density at radius 1 is 1.30 bits per heavy atom. The van der Waals surface area contributed by atoms with Gasteiger partial charge >= 0.3 is 5.97 Å². The zero-order chi connectivity index (χ0) is 15.1. The molecule has 5 nitrogen and oxygen atoms in total. The van der Waals surface area contributed by atoms with Gasteiger partial charge < -0.3 is 5.11 Å². The molecule has 110 valence electrons. The molecule has 1 aromatic rings. The van der Waals surface area contributed by atoms with Gasteiger partial charge in [0, 0.05) is 13.1 Å². The zero-order valence-corrected chi connectivity index (χ0v) is 12.0. The summed E-state index contributed by atoms with van der Waals surface area (Å²) in [4.78, 5) is 10.7. The molecule has 0 spiro atoms. The lowest BCUT2D eigenvalue weighted by Gasteiger charge is -2.16. The highest BCUT2D eigenvalue weighted by atomic mass is 32.2. The molecule has 20 heavy (non-hydrogen) atoms. The van der Waals surface area contributed by atoms with Gasteiger partial charge in [-0.1, -0.05) is 13.8 Å². The van der Waals surface area contributed by atoms with Crippen LogP contribution < -0.4 is 0 Å². The molecule has 1 N–H and O–H groups in total. The van der Waals surface area contributed by atoms with Crippen LogP contribution in [0.1, 0.15) is 24.2 Å². The van der Waals surface area contributed by atoms with Crippen LogP contribution in [0.5, 0.6) is 0 Å². The van der Waals surface area contributed by atoms with Crippen LogP contribution in [0.4, 0.5) is 4.39 Å². The van der Waals surface area contributed by atoms with Gasteiger partial charge in [-0.25, -0.2) is 17.6 Å². The molecule has 1 saturated heterocycles. The Hall–Kier alpha value is -1.47. The van der Waals surface area contributed by atoms with Crippen molar-refractivity contribution in [3.05, 3.63) is 29.6 Å². The summed E-state index contributed by atoms with van der Waals surface area (Å²) in [6, 6.07) is 2.85. The van der Waals surface area contributed by atoms with Gasteiger partial charge in [-0.2, -0.15) is 4.31 Å². The predicted octanol–water partition coefficient (Wildman–Crippen LogP) is 1.80. The van der Waals surface area contributed by atoms with Crippen LogP contribution in [0.2, 0.25) is 0 Å². The van der Waals surface area contributed by atoms with Crippen molar-refractivity contribution >= 4 is 16.0 Å². The first-order valence-corrected chi connectivity index (χ1v) is 7.70. The Balaban J connectivity index is 2.40. The second-order valence-electron chi connectivity index (χ2n) is 5.22. The highest BCUT2D eigenvalue weighted by Crippen LogP contribution is 2.28. The van der Waals surface area contributed by atoms with Gasteiger partial charge in [0.15, 0.2) is 0 Å². The number of carbonyl (C=O) groups is 1. The van der Waals surface area contributed by atoms with E-state index in [2.05, 4.69) is 0 Å². The first-order chi connectivity index (χ1) is 9.23. The van der Waals surface area contributed by atoms with Crippen LogP contribution in [-0.2, 0) is 10.0 Å². The predicted molar refractivity (Wildman–Crippen MR) is 70.4 cm³/mol. The summed E-state index contributed by atoms with van der Waals surface area (Å²) in [5.74, 6) is -1.95. The minimum atomic E-state index is -3.77. The fraction of sp³-hybridized carbons (Fsp3) is 0.462. The van der Waals surface area contributed by atoms with E-state index in [0.29, 0.717) is 13.1 Å². The van der Waals surface area contributed by atoms with E-state index in [0.717, 1.165) is 18.2 Å². The van der Waals surface area contributed by atoms with E-state index >= 15 is 0 Å². The number of nitrogens with zero attached hydrogens (tertiary/aromatic N) is 1. The van der Waals surface area contributed by atoms with E-state index in [9.17, 15) is 17.6 Å². The molecule has 0 aliphatic carbocycles. The molecule has 0 saturated carbocycles. The Kier molecular flexibility index (Phi) is 3.84. The lowest BCUT2D eigenvalue weighted by atomic mass is 10.0. The van der Waals surface area contributed by atoms with Crippen LogP contribution in [0.25, 0.3) is 0 Å². The molecule has 1 aliphatic rings. The molecule has 1 fully saturated rings. The monoisotopic (exact) mass is 301 g/mol. The van der Waals surface area contributed by atoms with Crippen molar-refractivity contribution in [3.8, 4) is 0 Å². The highest BCUT2D eigenvalue weighted by molar-refractivity contribution is 7.89. The third kappa shape index (κ3) is 2.55.